The average Bonchev–Trinajstić information content (AvgIpc) is 3.11. The molecule has 282 valence electrons. The molecule has 4 aromatic carbocycles. The minimum Gasteiger partial charge on any atom is -0.507 e. The molecule has 13 N–H and O–H groups in total. The fourth-order valence-electron chi connectivity index (χ4n) is 7.07. The summed E-state index contributed by atoms with van der Waals surface area (Å²) in [5.74, 6) is -5.76. The molecule has 3 aliphatic rings. The number of phenolic OH excluding ortho intramolecular Hbond substituents is 7. The van der Waals surface area contributed by atoms with Gasteiger partial charge in [0.1, 0.15) is 71.1 Å². The normalized spacial score (nSPS) is 29.3. The topological polar surface area (TPSA) is 300 Å². The monoisotopic (exact) mass is 740 g/mol. The fourth-order valence-corrected chi connectivity index (χ4v) is 7.07. The van der Waals surface area contributed by atoms with Crippen molar-refractivity contribution in [1.29, 1.82) is 0 Å². The summed E-state index contributed by atoms with van der Waals surface area (Å²) in [6, 6.07) is 10.5. The van der Waals surface area contributed by atoms with Crippen LogP contribution in [0.2, 0.25) is 0 Å². The summed E-state index contributed by atoms with van der Waals surface area (Å²) in [7, 11) is 0. The molecule has 3 aliphatic heterocycles. The molecule has 10 atom stereocenters. The first-order valence-electron chi connectivity index (χ1n) is 16.3. The lowest BCUT2D eigenvalue weighted by atomic mass is 9.77. The molecule has 0 aliphatic carbocycles. The van der Waals surface area contributed by atoms with E-state index in [4.69, 9.17) is 18.9 Å². The van der Waals surface area contributed by atoms with E-state index in [0.29, 0.717) is 0 Å². The number of phenols is 7. The summed E-state index contributed by atoms with van der Waals surface area (Å²) < 4.78 is 23.5. The lowest BCUT2D eigenvalue weighted by Crippen LogP contribution is -2.60. The summed E-state index contributed by atoms with van der Waals surface area (Å²) >= 11 is 0. The number of aliphatic hydroxyl groups excluding tert-OH is 6. The SMILES string of the molecule is OC[C@@H]1O[C@H](Oc2cc(O)c3c(c2)O[C@H](c2ccc(O)c(O)c2)[C@@H](O)[C@@H]3c2c(O)cc(O)c3c2O[C@@H](c2ccc(O)c(O)c2)[C@H](O)C3)[C@@H](O)[C@@H](O)[C@H]1O. The van der Waals surface area contributed by atoms with Crippen molar-refractivity contribution in [2.24, 2.45) is 0 Å². The van der Waals surface area contributed by atoms with Crippen LogP contribution in [-0.2, 0) is 11.2 Å². The van der Waals surface area contributed by atoms with Gasteiger partial charge in [0.05, 0.1) is 18.6 Å². The highest BCUT2D eigenvalue weighted by Gasteiger charge is 2.48. The summed E-state index contributed by atoms with van der Waals surface area (Å²) in [5.41, 5.74) is 0.0144. The van der Waals surface area contributed by atoms with Crippen LogP contribution >= 0.6 is 0 Å². The Morgan fingerprint density at radius 1 is 0.585 bits per heavy atom. The minimum absolute atomic E-state index is 0.0191. The van der Waals surface area contributed by atoms with Gasteiger partial charge in [0.25, 0.3) is 0 Å². The number of benzene rings is 4. The first-order valence-corrected chi connectivity index (χ1v) is 16.3. The smallest absolute Gasteiger partial charge is 0.229 e. The predicted octanol–water partition coefficient (Wildman–Crippen LogP) is 0.468. The Morgan fingerprint density at radius 3 is 1.83 bits per heavy atom. The van der Waals surface area contributed by atoms with Gasteiger partial charge in [-0.25, -0.2) is 0 Å². The number of rotatable bonds is 6. The molecule has 3 heterocycles. The number of hydrogen-bond acceptors (Lipinski definition) is 17. The third kappa shape index (κ3) is 6.17. The number of aliphatic hydroxyl groups is 6. The van der Waals surface area contributed by atoms with Gasteiger partial charge < -0.3 is 85.3 Å². The van der Waals surface area contributed by atoms with Gasteiger partial charge >= 0.3 is 0 Å². The van der Waals surface area contributed by atoms with Crippen molar-refractivity contribution in [2.45, 2.75) is 67.5 Å². The summed E-state index contributed by atoms with van der Waals surface area (Å²) in [5, 5.41) is 138. The Morgan fingerprint density at radius 2 is 1.21 bits per heavy atom. The number of hydrogen-bond donors (Lipinski definition) is 13. The standard InChI is InChI=1S/C36H36O17/c37-11-25-29(46)31(48)32(49)36(52-25)50-14-7-21(43)26-24(8-14)51-34(13-2-4-17(39)20(42)6-13)30(47)28(26)27-22(44)10-18(40)15-9-23(45)33(53-35(15)27)12-1-3-16(38)19(41)5-12/h1-8,10,23,25,28-34,36-49H,9,11H2/t23-,25+,28+,29+,30+,31+,32+,33+,34-,36+/m1/s1. The lowest BCUT2D eigenvalue weighted by molar-refractivity contribution is -0.277. The molecule has 0 unspecified atom stereocenters. The molecule has 0 amide bonds. The maximum Gasteiger partial charge on any atom is 0.229 e. The Kier molecular flexibility index (Phi) is 9.19. The second kappa shape index (κ2) is 13.5. The molecule has 53 heavy (non-hydrogen) atoms. The molecule has 1 fully saturated rings. The van der Waals surface area contributed by atoms with Crippen molar-refractivity contribution in [3.05, 3.63) is 82.4 Å². The zero-order chi connectivity index (χ0) is 38.0. The highest BCUT2D eigenvalue weighted by atomic mass is 16.7. The Balaban J connectivity index is 1.37. The largest absolute Gasteiger partial charge is 0.507 e. The molecule has 0 aromatic heterocycles. The summed E-state index contributed by atoms with van der Waals surface area (Å²) in [6.07, 6.45) is -14.2. The van der Waals surface area contributed by atoms with Crippen LogP contribution in [0.3, 0.4) is 0 Å². The Bertz CT molecular complexity index is 2030. The molecule has 17 nitrogen and oxygen atoms in total. The molecule has 4 aromatic rings. The van der Waals surface area contributed by atoms with E-state index in [0.717, 1.165) is 30.3 Å². The molecule has 0 saturated carbocycles. The van der Waals surface area contributed by atoms with Crippen LogP contribution in [-0.4, -0.2) is 116 Å². The highest BCUT2D eigenvalue weighted by molar-refractivity contribution is 5.66. The van der Waals surface area contributed by atoms with Crippen LogP contribution in [0, 0.1) is 0 Å². The van der Waals surface area contributed by atoms with Crippen LogP contribution in [0.1, 0.15) is 45.9 Å². The second-order valence-corrected chi connectivity index (χ2v) is 13.1. The van der Waals surface area contributed by atoms with Crippen molar-refractivity contribution in [2.75, 3.05) is 6.61 Å². The first kappa shape index (κ1) is 36.0. The van der Waals surface area contributed by atoms with E-state index in [-0.39, 0.29) is 51.5 Å². The Hall–Kier alpha value is -5.40. The third-order valence-corrected chi connectivity index (χ3v) is 9.76. The minimum atomic E-state index is -1.81. The van der Waals surface area contributed by atoms with Gasteiger partial charge in [-0.1, -0.05) is 12.1 Å². The van der Waals surface area contributed by atoms with Crippen molar-refractivity contribution >= 4 is 0 Å². The molecule has 0 bridgehead atoms. The van der Waals surface area contributed by atoms with Gasteiger partial charge in [0.15, 0.2) is 29.1 Å². The van der Waals surface area contributed by atoms with Gasteiger partial charge in [-0.2, -0.15) is 0 Å². The first-order chi connectivity index (χ1) is 25.2. The maximum absolute atomic E-state index is 12.1. The van der Waals surface area contributed by atoms with Crippen LogP contribution < -0.4 is 14.2 Å². The zero-order valence-electron chi connectivity index (χ0n) is 27.3. The van der Waals surface area contributed by atoms with Crippen LogP contribution in [0.5, 0.6) is 57.5 Å². The van der Waals surface area contributed by atoms with Gasteiger partial charge in [-0.15, -0.1) is 0 Å². The van der Waals surface area contributed by atoms with Gasteiger partial charge in [0, 0.05) is 41.3 Å². The molecule has 17 heteroatoms. The van der Waals surface area contributed by atoms with Crippen LogP contribution in [0.25, 0.3) is 0 Å². The van der Waals surface area contributed by atoms with Gasteiger partial charge in [-0.05, 0) is 35.4 Å². The summed E-state index contributed by atoms with van der Waals surface area (Å²) in [6.45, 7) is -0.738. The zero-order valence-corrected chi connectivity index (χ0v) is 27.3. The van der Waals surface area contributed by atoms with Gasteiger partial charge in [0.2, 0.25) is 6.29 Å². The highest BCUT2D eigenvalue weighted by Crippen LogP contribution is 2.57. The number of ether oxygens (including phenoxy) is 4. The van der Waals surface area contributed by atoms with Crippen LogP contribution in [0.15, 0.2) is 54.6 Å². The number of fused-ring (bicyclic) bond motifs is 2. The molecule has 1 saturated heterocycles. The summed E-state index contributed by atoms with van der Waals surface area (Å²) in [4.78, 5) is 0. The Labute approximate surface area is 299 Å². The maximum atomic E-state index is 12.1. The van der Waals surface area contributed by atoms with Crippen molar-refractivity contribution in [1.82, 2.24) is 0 Å². The molecular formula is C36H36O17. The van der Waals surface area contributed by atoms with E-state index in [1.54, 1.807) is 0 Å². The van der Waals surface area contributed by atoms with E-state index in [2.05, 4.69) is 0 Å². The molecular weight excluding hydrogens is 704 g/mol. The average molecular weight is 741 g/mol. The third-order valence-electron chi connectivity index (χ3n) is 9.76. The lowest BCUT2D eigenvalue weighted by Gasteiger charge is -2.41. The van der Waals surface area contributed by atoms with E-state index in [9.17, 15) is 66.4 Å². The fraction of sp³-hybridized carbons (Fsp3) is 0.333. The van der Waals surface area contributed by atoms with Crippen LogP contribution in [0.4, 0.5) is 0 Å². The number of aromatic hydroxyl groups is 7. The van der Waals surface area contributed by atoms with E-state index in [1.807, 2.05) is 0 Å². The predicted molar refractivity (Wildman–Crippen MR) is 176 cm³/mol. The second-order valence-electron chi connectivity index (χ2n) is 13.1. The van der Waals surface area contributed by atoms with E-state index in [1.165, 1.54) is 24.3 Å². The van der Waals surface area contributed by atoms with Crippen molar-refractivity contribution < 1.29 is 85.3 Å². The molecule has 7 rings (SSSR count). The van der Waals surface area contributed by atoms with Crippen molar-refractivity contribution in [3.63, 3.8) is 0 Å². The van der Waals surface area contributed by atoms with E-state index >= 15 is 0 Å². The quantitative estimate of drug-likeness (QED) is 0.120. The molecule has 0 radical (unpaired) electrons. The van der Waals surface area contributed by atoms with Crippen molar-refractivity contribution in [3.8, 4) is 57.5 Å². The van der Waals surface area contributed by atoms with E-state index < -0.39 is 108 Å². The molecule has 0 spiro atoms. The van der Waals surface area contributed by atoms with Gasteiger partial charge in [-0.3, -0.25) is 0 Å².